The lowest BCUT2D eigenvalue weighted by atomic mass is 9.88. The minimum absolute atomic E-state index is 0.187. The minimum Gasteiger partial charge on any atom is -0.370 e. The number of quaternary nitrogens is 1. The van der Waals surface area contributed by atoms with E-state index in [2.05, 4.69) is 5.32 Å². The average Bonchev–Trinajstić information content (AvgIpc) is 2.86. The number of hydrogen-bond acceptors (Lipinski definition) is 3. The first-order valence-corrected chi connectivity index (χ1v) is 8.63. The van der Waals surface area contributed by atoms with Gasteiger partial charge in [0.1, 0.15) is 18.6 Å². The van der Waals surface area contributed by atoms with Gasteiger partial charge in [0.25, 0.3) is 5.91 Å². The van der Waals surface area contributed by atoms with Crippen LogP contribution in [-0.4, -0.2) is 49.8 Å². The van der Waals surface area contributed by atoms with Gasteiger partial charge in [0.2, 0.25) is 0 Å². The van der Waals surface area contributed by atoms with E-state index in [0.717, 1.165) is 29.4 Å². The van der Waals surface area contributed by atoms with Crippen LogP contribution in [0, 0.1) is 0 Å². The van der Waals surface area contributed by atoms with Crippen LogP contribution in [0.25, 0.3) is 10.8 Å². The quantitative estimate of drug-likeness (QED) is 0.799. The Balaban J connectivity index is 1.67. The Morgan fingerprint density at radius 1 is 1.12 bits per heavy atom. The van der Waals surface area contributed by atoms with Crippen molar-refractivity contribution in [1.82, 2.24) is 10.2 Å². The van der Waals surface area contributed by atoms with Gasteiger partial charge < -0.3 is 15.0 Å². The molecule has 2 fully saturated rings. The molecule has 0 spiro atoms. The largest absolute Gasteiger partial charge is 0.370 e. The Morgan fingerprint density at radius 2 is 1.84 bits per heavy atom. The molecule has 2 aliphatic heterocycles. The van der Waals surface area contributed by atoms with Crippen molar-refractivity contribution in [2.75, 3.05) is 33.0 Å². The summed E-state index contributed by atoms with van der Waals surface area (Å²) in [5.41, 5.74) is -0.202. The molecule has 0 unspecified atom stereocenters. The fourth-order valence-corrected chi connectivity index (χ4v) is 3.73. The lowest BCUT2D eigenvalue weighted by Gasteiger charge is -2.27. The monoisotopic (exact) mass is 340 g/mol. The number of carbonyl (C=O) groups excluding carboxylic acids is 2. The fourth-order valence-electron chi connectivity index (χ4n) is 3.73. The van der Waals surface area contributed by atoms with Crippen molar-refractivity contribution in [3.8, 4) is 0 Å². The highest BCUT2D eigenvalue weighted by atomic mass is 16.5. The zero-order valence-corrected chi connectivity index (χ0v) is 14.2. The summed E-state index contributed by atoms with van der Waals surface area (Å²) in [6.45, 7) is 5.13. The fraction of sp³-hybridized carbons (Fsp3) is 0.368. The van der Waals surface area contributed by atoms with Gasteiger partial charge in [-0.25, -0.2) is 9.69 Å². The number of amides is 3. The molecule has 1 atom stereocenters. The van der Waals surface area contributed by atoms with Crippen molar-refractivity contribution in [2.24, 2.45) is 0 Å². The Hall–Kier alpha value is -2.44. The molecule has 0 bridgehead atoms. The average molecular weight is 340 g/mol. The van der Waals surface area contributed by atoms with E-state index in [1.54, 1.807) is 6.92 Å². The van der Waals surface area contributed by atoms with Crippen molar-refractivity contribution in [1.29, 1.82) is 0 Å². The smallest absolute Gasteiger partial charge is 0.329 e. The van der Waals surface area contributed by atoms with E-state index in [4.69, 9.17) is 4.74 Å². The Kier molecular flexibility index (Phi) is 3.94. The summed E-state index contributed by atoms with van der Waals surface area (Å²) in [4.78, 5) is 28.2. The second-order valence-electron chi connectivity index (χ2n) is 6.84. The number of nitrogens with one attached hydrogen (secondary N) is 2. The first-order chi connectivity index (χ1) is 12.1. The van der Waals surface area contributed by atoms with Crippen molar-refractivity contribution in [3.05, 3.63) is 48.0 Å². The maximum atomic E-state index is 13.2. The highest BCUT2D eigenvalue weighted by molar-refractivity contribution is 6.09. The van der Waals surface area contributed by atoms with E-state index >= 15 is 0 Å². The van der Waals surface area contributed by atoms with Gasteiger partial charge in [0.15, 0.2) is 6.67 Å². The molecule has 6 heteroatoms. The third-order valence-electron chi connectivity index (χ3n) is 5.18. The molecule has 4 rings (SSSR count). The zero-order chi connectivity index (χ0) is 17.4. The third kappa shape index (κ3) is 2.67. The number of morpholine rings is 1. The summed E-state index contributed by atoms with van der Waals surface area (Å²) < 4.78 is 5.35. The second kappa shape index (κ2) is 6.13. The van der Waals surface area contributed by atoms with Crippen LogP contribution in [-0.2, 0) is 15.1 Å². The van der Waals surface area contributed by atoms with E-state index in [0.29, 0.717) is 19.9 Å². The van der Waals surface area contributed by atoms with Gasteiger partial charge in [-0.2, -0.15) is 0 Å². The van der Waals surface area contributed by atoms with Crippen LogP contribution in [0.2, 0.25) is 0 Å². The SMILES string of the molecule is C[C@]1(c2cccc3ccccc23)NC(=O)N(C[NH+]2CCOCC2)C1=O. The molecule has 25 heavy (non-hydrogen) atoms. The van der Waals surface area contributed by atoms with Crippen LogP contribution in [0.3, 0.4) is 0 Å². The lowest BCUT2D eigenvalue weighted by molar-refractivity contribution is -0.915. The molecule has 0 radical (unpaired) electrons. The highest BCUT2D eigenvalue weighted by Gasteiger charge is 2.50. The number of urea groups is 1. The minimum atomic E-state index is -1.04. The molecular weight excluding hydrogens is 318 g/mol. The summed E-state index contributed by atoms with van der Waals surface area (Å²) in [6.07, 6.45) is 0. The number of rotatable bonds is 3. The van der Waals surface area contributed by atoms with Crippen LogP contribution in [0.5, 0.6) is 0 Å². The topological polar surface area (TPSA) is 63.1 Å². The number of hydrogen-bond donors (Lipinski definition) is 2. The first kappa shape index (κ1) is 16.1. The van der Waals surface area contributed by atoms with Gasteiger partial charge in [-0.05, 0) is 23.3 Å². The molecule has 2 aromatic carbocycles. The van der Waals surface area contributed by atoms with Crippen molar-refractivity contribution < 1.29 is 19.2 Å². The number of carbonyl (C=O) groups is 2. The van der Waals surface area contributed by atoms with Crippen LogP contribution in [0.15, 0.2) is 42.5 Å². The molecule has 0 aliphatic carbocycles. The number of ether oxygens (including phenoxy) is 1. The van der Waals surface area contributed by atoms with Crippen LogP contribution < -0.4 is 10.2 Å². The summed E-state index contributed by atoms with van der Waals surface area (Å²) >= 11 is 0. The predicted molar refractivity (Wildman–Crippen MR) is 93.1 cm³/mol. The normalized spacial score (nSPS) is 24.8. The lowest BCUT2D eigenvalue weighted by Crippen LogP contribution is -3.15. The Morgan fingerprint density at radius 3 is 2.64 bits per heavy atom. The third-order valence-corrected chi connectivity index (χ3v) is 5.18. The van der Waals surface area contributed by atoms with Crippen molar-refractivity contribution in [2.45, 2.75) is 12.5 Å². The number of benzene rings is 2. The van der Waals surface area contributed by atoms with E-state index in [-0.39, 0.29) is 11.9 Å². The molecular formula is C19H22N3O3+. The Bertz CT molecular complexity index is 826. The molecule has 3 amide bonds. The summed E-state index contributed by atoms with van der Waals surface area (Å²) in [5.74, 6) is -0.187. The van der Waals surface area contributed by atoms with Crippen molar-refractivity contribution >= 4 is 22.7 Å². The van der Waals surface area contributed by atoms with E-state index in [1.165, 1.54) is 9.80 Å². The van der Waals surface area contributed by atoms with Gasteiger partial charge in [0.05, 0.1) is 13.2 Å². The van der Waals surface area contributed by atoms with Crippen LogP contribution >= 0.6 is 0 Å². The standard InChI is InChI=1S/C19H21N3O3/c1-19(16-8-4-6-14-5-2-3-7-15(14)16)17(23)22(18(24)20-19)13-21-9-11-25-12-10-21/h2-8H,9-13H2,1H3,(H,20,24)/p+1/t19-/m1/s1. The summed E-state index contributed by atoms with van der Waals surface area (Å²) in [6, 6.07) is 13.5. The molecule has 0 saturated carbocycles. The Labute approximate surface area is 146 Å². The van der Waals surface area contributed by atoms with Gasteiger partial charge in [-0.15, -0.1) is 0 Å². The van der Waals surface area contributed by atoms with E-state index in [9.17, 15) is 9.59 Å². The predicted octanol–water partition coefficient (Wildman–Crippen LogP) is 0.479. The molecule has 6 nitrogen and oxygen atoms in total. The molecule has 0 aromatic heterocycles. The van der Waals surface area contributed by atoms with Gasteiger partial charge in [-0.3, -0.25) is 4.79 Å². The van der Waals surface area contributed by atoms with Gasteiger partial charge in [0, 0.05) is 0 Å². The molecule has 130 valence electrons. The molecule has 2 N–H and O–H groups in total. The van der Waals surface area contributed by atoms with Crippen LogP contribution in [0.4, 0.5) is 4.79 Å². The maximum Gasteiger partial charge on any atom is 0.329 e. The van der Waals surface area contributed by atoms with Crippen molar-refractivity contribution in [3.63, 3.8) is 0 Å². The molecule has 2 saturated heterocycles. The number of fused-ring (bicyclic) bond motifs is 1. The number of nitrogens with zero attached hydrogens (tertiary/aromatic N) is 1. The second-order valence-corrected chi connectivity index (χ2v) is 6.84. The van der Waals surface area contributed by atoms with Crippen LogP contribution in [0.1, 0.15) is 12.5 Å². The first-order valence-electron chi connectivity index (χ1n) is 8.63. The van der Waals surface area contributed by atoms with Gasteiger partial charge in [-0.1, -0.05) is 42.5 Å². The number of imide groups is 1. The molecule has 2 aliphatic rings. The van der Waals surface area contributed by atoms with Gasteiger partial charge >= 0.3 is 6.03 Å². The zero-order valence-electron chi connectivity index (χ0n) is 14.2. The highest BCUT2D eigenvalue weighted by Crippen LogP contribution is 2.33. The summed E-state index contributed by atoms with van der Waals surface area (Å²) in [7, 11) is 0. The molecule has 2 heterocycles. The van der Waals surface area contributed by atoms with E-state index < -0.39 is 5.54 Å². The molecule has 2 aromatic rings. The van der Waals surface area contributed by atoms with E-state index in [1.807, 2.05) is 42.5 Å². The summed E-state index contributed by atoms with van der Waals surface area (Å²) in [5, 5.41) is 4.96. The maximum absolute atomic E-state index is 13.2.